The van der Waals surface area contributed by atoms with Gasteiger partial charge in [-0.05, 0) is 42.8 Å². The van der Waals surface area contributed by atoms with E-state index in [9.17, 15) is 18.3 Å². The molecule has 3 aromatic rings. The van der Waals surface area contributed by atoms with E-state index in [0.29, 0.717) is 27.0 Å². The van der Waals surface area contributed by atoms with Crippen LogP contribution in [0.25, 0.3) is 10.2 Å². The summed E-state index contributed by atoms with van der Waals surface area (Å²) in [6, 6.07) is 9.16. The lowest BCUT2D eigenvalue weighted by Gasteiger charge is -2.09. The molecule has 0 spiro atoms. The molecule has 0 saturated heterocycles. The molecule has 2 N–H and O–H groups in total. The molecule has 0 amide bonds. The average molecular weight is 534 g/mol. The Morgan fingerprint density at radius 2 is 1.97 bits per heavy atom. The van der Waals surface area contributed by atoms with Crippen molar-refractivity contribution in [3.8, 4) is 0 Å². The lowest BCUT2D eigenvalue weighted by molar-refractivity contribution is -0.136. The second kappa shape index (κ2) is 11.1. The SMILES string of the molecule is CCCCCCC(Sc1nc2ccc(NS(=O)(=O)c3ccc(Cl)cc3Cl)cc2s1)C(=O)O. The minimum atomic E-state index is -3.91. The standard InChI is InChI=1S/C21H22Cl2N2O4S3/c1-2-3-4-5-6-17(20(26)27)30-21-24-16-9-8-14(12-18(16)31-21)25-32(28,29)19-10-7-13(22)11-15(19)23/h7-12,17,25H,2-6H2,1H3,(H,26,27). The maximum absolute atomic E-state index is 12.7. The van der Waals surface area contributed by atoms with Gasteiger partial charge in [0, 0.05) is 5.02 Å². The number of nitrogens with one attached hydrogen (secondary N) is 1. The molecular formula is C21H22Cl2N2O4S3. The molecule has 11 heteroatoms. The first kappa shape index (κ1) is 25.1. The summed E-state index contributed by atoms with van der Waals surface area (Å²) in [6.07, 6.45) is 4.66. The third-order valence-electron chi connectivity index (χ3n) is 4.64. The van der Waals surface area contributed by atoms with Crippen molar-refractivity contribution >= 4 is 78.2 Å². The second-order valence-electron chi connectivity index (χ2n) is 7.14. The highest BCUT2D eigenvalue weighted by atomic mass is 35.5. The monoisotopic (exact) mass is 532 g/mol. The number of aromatic nitrogens is 1. The first-order valence-electron chi connectivity index (χ1n) is 9.97. The highest BCUT2D eigenvalue weighted by molar-refractivity contribution is 8.02. The fourth-order valence-corrected chi connectivity index (χ4v) is 7.18. The topological polar surface area (TPSA) is 96.4 Å². The van der Waals surface area contributed by atoms with Crippen LogP contribution in [0, 0.1) is 0 Å². The van der Waals surface area contributed by atoms with Crippen molar-refractivity contribution in [2.75, 3.05) is 4.72 Å². The normalized spacial score (nSPS) is 12.7. The maximum atomic E-state index is 12.7. The van der Waals surface area contributed by atoms with Crippen molar-refractivity contribution < 1.29 is 18.3 Å². The molecule has 0 aliphatic rings. The Labute approximate surface area is 205 Å². The first-order chi connectivity index (χ1) is 15.2. The summed E-state index contributed by atoms with van der Waals surface area (Å²) in [4.78, 5) is 16.1. The van der Waals surface area contributed by atoms with E-state index >= 15 is 0 Å². The van der Waals surface area contributed by atoms with Crippen LogP contribution in [0.2, 0.25) is 10.0 Å². The number of fused-ring (bicyclic) bond motifs is 1. The predicted molar refractivity (Wildman–Crippen MR) is 133 cm³/mol. The van der Waals surface area contributed by atoms with Crippen molar-refractivity contribution in [2.45, 2.75) is 53.5 Å². The van der Waals surface area contributed by atoms with Gasteiger partial charge in [-0.2, -0.15) is 0 Å². The van der Waals surface area contributed by atoms with Crippen LogP contribution < -0.4 is 4.72 Å². The molecule has 0 radical (unpaired) electrons. The molecule has 1 heterocycles. The minimum Gasteiger partial charge on any atom is -0.480 e. The molecule has 6 nitrogen and oxygen atoms in total. The number of carboxylic acid groups (broad SMARTS) is 1. The summed E-state index contributed by atoms with van der Waals surface area (Å²) in [5.41, 5.74) is 1.04. The number of rotatable bonds is 11. The van der Waals surface area contributed by atoms with Crippen LogP contribution in [0.15, 0.2) is 45.6 Å². The van der Waals surface area contributed by atoms with Crippen molar-refractivity contribution in [2.24, 2.45) is 0 Å². The zero-order valence-electron chi connectivity index (χ0n) is 17.2. The summed E-state index contributed by atoms with van der Waals surface area (Å²) in [5, 5.41) is 9.36. The summed E-state index contributed by atoms with van der Waals surface area (Å²) >= 11 is 14.5. The average Bonchev–Trinajstić information content (AvgIpc) is 3.11. The first-order valence-corrected chi connectivity index (χ1v) is 13.9. The number of sulfonamides is 1. The largest absolute Gasteiger partial charge is 0.480 e. The van der Waals surface area contributed by atoms with Gasteiger partial charge in [0.1, 0.15) is 10.1 Å². The molecular weight excluding hydrogens is 511 g/mol. The van der Waals surface area contributed by atoms with Gasteiger partial charge < -0.3 is 5.11 Å². The lowest BCUT2D eigenvalue weighted by Crippen LogP contribution is -2.15. The Morgan fingerprint density at radius 1 is 1.19 bits per heavy atom. The van der Waals surface area contributed by atoms with Gasteiger partial charge in [0.05, 0.1) is 20.9 Å². The Kier molecular flexibility index (Phi) is 8.68. The quantitative estimate of drug-likeness (QED) is 0.205. The Bertz CT molecular complexity index is 1210. The van der Waals surface area contributed by atoms with Crippen LogP contribution in [0.4, 0.5) is 5.69 Å². The number of thiazole rings is 1. The van der Waals surface area contributed by atoms with E-state index in [-0.39, 0.29) is 9.92 Å². The number of unbranched alkanes of at least 4 members (excludes halogenated alkanes) is 3. The van der Waals surface area contributed by atoms with E-state index in [4.69, 9.17) is 23.2 Å². The summed E-state index contributed by atoms with van der Waals surface area (Å²) < 4.78 is 29.4. The van der Waals surface area contributed by atoms with Gasteiger partial charge in [-0.1, -0.05) is 67.6 Å². The van der Waals surface area contributed by atoms with E-state index in [1.54, 1.807) is 18.2 Å². The third kappa shape index (κ3) is 6.51. The Balaban J connectivity index is 1.76. The van der Waals surface area contributed by atoms with Gasteiger partial charge in [0.2, 0.25) is 0 Å². The molecule has 32 heavy (non-hydrogen) atoms. The van der Waals surface area contributed by atoms with Crippen LogP contribution in [0.3, 0.4) is 0 Å². The van der Waals surface area contributed by atoms with Gasteiger partial charge in [-0.3, -0.25) is 9.52 Å². The summed E-state index contributed by atoms with van der Waals surface area (Å²) in [7, 11) is -3.91. The molecule has 0 bridgehead atoms. The number of benzene rings is 2. The maximum Gasteiger partial charge on any atom is 0.317 e. The van der Waals surface area contributed by atoms with Crippen LogP contribution in [0.1, 0.15) is 39.0 Å². The summed E-state index contributed by atoms with van der Waals surface area (Å²) in [5.74, 6) is -0.848. The van der Waals surface area contributed by atoms with Gasteiger partial charge in [0.15, 0.2) is 4.34 Å². The van der Waals surface area contributed by atoms with Crippen LogP contribution in [-0.4, -0.2) is 29.7 Å². The van der Waals surface area contributed by atoms with E-state index in [0.717, 1.165) is 30.4 Å². The fourth-order valence-electron chi connectivity index (χ4n) is 3.03. The molecule has 0 fully saturated rings. The molecule has 1 aromatic heterocycles. The number of carbonyl (C=O) groups is 1. The Hall–Kier alpha value is -1.52. The number of thioether (sulfide) groups is 1. The molecule has 1 atom stereocenters. The number of anilines is 1. The smallest absolute Gasteiger partial charge is 0.317 e. The molecule has 0 saturated carbocycles. The van der Waals surface area contributed by atoms with E-state index < -0.39 is 21.2 Å². The molecule has 3 rings (SSSR count). The second-order valence-corrected chi connectivity index (χ2v) is 12.1. The number of carboxylic acids is 1. The molecule has 172 valence electrons. The molecule has 2 aromatic carbocycles. The van der Waals surface area contributed by atoms with Crippen molar-refractivity contribution in [3.63, 3.8) is 0 Å². The zero-order chi connectivity index (χ0) is 23.3. The lowest BCUT2D eigenvalue weighted by atomic mass is 10.1. The molecule has 1 unspecified atom stereocenters. The van der Waals surface area contributed by atoms with Gasteiger partial charge in [0.25, 0.3) is 10.0 Å². The Morgan fingerprint density at radius 3 is 2.66 bits per heavy atom. The van der Waals surface area contributed by atoms with Crippen molar-refractivity contribution in [1.82, 2.24) is 4.98 Å². The number of hydrogen-bond donors (Lipinski definition) is 2. The predicted octanol–water partition coefficient (Wildman–Crippen LogP) is 6.92. The number of hydrogen-bond acceptors (Lipinski definition) is 6. The number of nitrogens with zero attached hydrogens (tertiary/aromatic N) is 1. The molecule has 0 aliphatic carbocycles. The number of halogens is 2. The van der Waals surface area contributed by atoms with Crippen LogP contribution in [-0.2, 0) is 14.8 Å². The third-order valence-corrected chi connectivity index (χ3v) is 9.11. The van der Waals surface area contributed by atoms with Gasteiger partial charge >= 0.3 is 5.97 Å². The molecule has 0 aliphatic heterocycles. The van der Waals surface area contributed by atoms with Crippen molar-refractivity contribution in [3.05, 3.63) is 46.4 Å². The van der Waals surface area contributed by atoms with E-state index in [2.05, 4.69) is 16.6 Å². The van der Waals surface area contributed by atoms with E-state index in [1.165, 1.54) is 41.3 Å². The highest BCUT2D eigenvalue weighted by Gasteiger charge is 2.22. The van der Waals surface area contributed by atoms with Crippen LogP contribution in [0.5, 0.6) is 0 Å². The van der Waals surface area contributed by atoms with E-state index in [1.807, 2.05) is 0 Å². The van der Waals surface area contributed by atoms with Crippen LogP contribution >= 0.6 is 46.3 Å². The van der Waals surface area contributed by atoms with Gasteiger partial charge in [-0.15, -0.1) is 11.3 Å². The summed E-state index contributed by atoms with van der Waals surface area (Å²) in [6.45, 7) is 2.11. The zero-order valence-corrected chi connectivity index (χ0v) is 21.1. The number of aliphatic carboxylic acids is 1. The van der Waals surface area contributed by atoms with Crippen molar-refractivity contribution in [1.29, 1.82) is 0 Å². The fraction of sp³-hybridized carbons (Fsp3) is 0.333. The van der Waals surface area contributed by atoms with Gasteiger partial charge in [-0.25, -0.2) is 13.4 Å². The highest BCUT2D eigenvalue weighted by Crippen LogP contribution is 2.35. The minimum absolute atomic E-state index is 0.0289.